The summed E-state index contributed by atoms with van der Waals surface area (Å²) in [6.45, 7) is 2.06. The van der Waals surface area contributed by atoms with Crippen LogP contribution >= 0.6 is 0 Å². The molecule has 0 aliphatic carbocycles. The second-order valence-corrected chi connectivity index (χ2v) is 2.45. The van der Waals surface area contributed by atoms with Crippen LogP contribution in [0.1, 0.15) is 12.8 Å². The van der Waals surface area contributed by atoms with E-state index in [1.165, 1.54) is 0 Å². The van der Waals surface area contributed by atoms with Gasteiger partial charge in [-0.05, 0) is 6.42 Å². The van der Waals surface area contributed by atoms with Crippen LogP contribution < -0.4 is 0 Å². The van der Waals surface area contributed by atoms with Gasteiger partial charge >= 0.3 is 0 Å². The molecule has 0 aromatic rings. The zero-order valence-electron chi connectivity index (χ0n) is 6.28. The van der Waals surface area contributed by atoms with Gasteiger partial charge in [0.25, 0.3) is 6.47 Å². The van der Waals surface area contributed by atoms with E-state index in [0.29, 0.717) is 26.0 Å². The molecule has 0 spiro atoms. The van der Waals surface area contributed by atoms with Gasteiger partial charge in [0, 0.05) is 13.0 Å². The highest BCUT2D eigenvalue weighted by molar-refractivity contribution is 5.78. The van der Waals surface area contributed by atoms with E-state index in [-0.39, 0.29) is 5.91 Å². The van der Waals surface area contributed by atoms with Crippen molar-refractivity contribution in [3.8, 4) is 0 Å². The fraction of sp³-hybridized carbons (Fsp3) is 0.714. The Morgan fingerprint density at radius 3 is 3.00 bits per heavy atom. The first-order valence-electron chi connectivity index (χ1n) is 3.67. The van der Waals surface area contributed by atoms with Crippen LogP contribution in [0.5, 0.6) is 0 Å². The van der Waals surface area contributed by atoms with Gasteiger partial charge in [0.1, 0.15) is 6.61 Å². The molecule has 1 aliphatic rings. The third-order valence-electron chi connectivity index (χ3n) is 1.72. The van der Waals surface area contributed by atoms with Crippen LogP contribution in [0.3, 0.4) is 0 Å². The Kier molecular flexibility index (Phi) is 2.89. The normalized spacial score (nSPS) is 17.1. The number of amides is 1. The second kappa shape index (κ2) is 3.95. The molecule has 62 valence electrons. The van der Waals surface area contributed by atoms with Crippen molar-refractivity contribution in [1.29, 1.82) is 0 Å². The fourth-order valence-corrected chi connectivity index (χ4v) is 1.15. The molecule has 4 heteroatoms. The third-order valence-corrected chi connectivity index (χ3v) is 1.72. The van der Waals surface area contributed by atoms with E-state index in [1.54, 1.807) is 4.90 Å². The molecular weight excluding hydrogens is 146 g/mol. The first-order valence-corrected chi connectivity index (χ1v) is 3.67. The van der Waals surface area contributed by atoms with E-state index < -0.39 is 0 Å². The van der Waals surface area contributed by atoms with Crippen molar-refractivity contribution in [2.45, 2.75) is 12.8 Å². The molecule has 1 rings (SSSR count). The molecule has 1 amide bonds. The third kappa shape index (κ3) is 2.22. The van der Waals surface area contributed by atoms with Crippen molar-refractivity contribution in [3.63, 3.8) is 0 Å². The largest absolute Gasteiger partial charge is 0.466 e. The second-order valence-electron chi connectivity index (χ2n) is 2.45. The summed E-state index contributed by atoms with van der Waals surface area (Å²) in [5.41, 5.74) is 0. The van der Waals surface area contributed by atoms with Crippen LogP contribution in [0, 0.1) is 0 Å². The summed E-state index contributed by atoms with van der Waals surface area (Å²) in [7, 11) is 0. The number of carbonyl (C=O) groups excluding carboxylic acids is 2. The molecule has 0 N–H and O–H groups in total. The van der Waals surface area contributed by atoms with E-state index >= 15 is 0 Å². The average molecular weight is 157 g/mol. The zero-order valence-corrected chi connectivity index (χ0v) is 6.28. The molecule has 1 aliphatic heterocycles. The number of rotatable bonds is 4. The molecule has 0 radical (unpaired) electrons. The van der Waals surface area contributed by atoms with Crippen LogP contribution in [0.25, 0.3) is 0 Å². The molecule has 1 fully saturated rings. The van der Waals surface area contributed by atoms with Crippen molar-refractivity contribution in [2.24, 2.45) is 0 Å². The number of hydrogen-bond donors (Lipinski definition) is 0. The molecule has 0 aromatic carbocycles. The Balaban J connectivity index is 2.15. The maximum Gasteiger partial charge on any atom is 0.293 e. The van der Waals surface area contributed by atoms with Gasteiger partial charge in [0.2, 0.25) is 5.91 Å². The number of ether oxygens (including phenoxy) is 1. The molecule has 0 saturated carbocycles. The Hall–Kier alpha value is -1.06. The van der Waals surface area contributed by atoms with Gasteiger partial charge in [-0.2, -0.15) is 0 Å². The monoisotopic (exact) mass is 157 g/mol. The summed E-state index contributed by atoms with van der Waals surface area (Å²) in [6, 6.07) is 0. The maximum atomic E-state index is 11.0. The lowest BCUT2D eigenvalue weighted by Gasteiger charge is -2.13. The lowest BCUT2D eigenvalue weighted by atomic mass is 10.4. The summed E-state index contributed by atoms with van der Waals surface area (Å²) in [6.07, 6.45) is 1.57. The minimum absolute atomic E-state index is 0.166. The van der Waals surface area contributed by atoms with E-state index in [2.05, 4.69) is 4.74 Å². The standard InChI is InChI=1S/C7H11NO3/c9-6-11-5-4-8-3-1-2-7(8)10/h6H,1-5H2. The number of likely N-dealkylation sites (tertiary alicyclic amines) is 1. The molecule has 0 unspecified atom stereocenters. The van der Waals surface area contributed by atoms with Gasteiger partial charge in [-0.1, -0.05) is 0 Å². The number of hydrogen-bond acceptors (Lipinski definition) is 3. The predicted molar refractivity (Wildman–Crippen MR) is 37.8 cm³/mol. The minimum Gasteiger partial charge on any atom is -0.466 e. The lowest BCUT2D eigenvalue weighted by molar-refractivity contribution is -0.133. The first-order chi connectivity index (χ1) is 5.34. The highest BCUT2D eigenvalue weighted by Crippen LogP contribution is 2.07. The molecule has 4 nitrogen and oxygen atoms in total. The van der Waals surface area contributed by atoms with Crippen LogP contribution in [-0.2, 0) is 14.3 Å². The van der Waals surface area contributed by atoms with Gasteiger partial charge < -0.3 is 9.64 Å². The Morgan fingerprint density at radius 2 is 2.45 bits per heavy atom. The molecule has 1 saturated heterocycles. The molecule has 0 aromatic heterocycles. The van der Waals surface area contributed by atoms with Crippen molar-refractivity contribution in [1.82, 2.24) is 4.90 Å². The molecule has 11 heavy (non-hydrogen) atoms. The lowest BCUT2D eigenvalue weighted by Crippen LogP contribution is -2.28. The Morgan fingerprint density at radius 1 is 1.64 bits per heavy atom. The van der Waals surface area contributed by atoms with Crippen LogP contribution in [0.2, 0.25) is 0 Å². The summed E-state index contributed by atoms with van der Waals surface area (Å²) in [4.78, 5) is 22.4. The maximum absolute atomic E-state index is 11.0. The summed E-state index contributed by atoms with van der Waals surface area (Å²) >= 11 is 0. The van der Waals surface area contributed by atoms with Crippen molar-refractivity contribution >= 4 is 12.4 Å². The SMILES string of the molecule is O=COCCN1CCCC1=O. The summed E-state index contributed by atoms with van der Waals surface area (Å²) in [5, 5.41) is 0. The predicted octanol–water partition coefficient (Wildman–Crippen LogP) is -0.218. The molecule has 0 bridgehead atoms. The van der Waals surface area contributed by atoms with Crippen LogP contribution in [0.4, 0.5) is 0 Å². The van der Waals surface area contributed by atoms with Crippen molar-refractivity contribution < 1.29 is 14.3 Å². The summed E-state index contributed by atoms with van der Waals surface area (Å²) < 4.78 is 4.47. The van der Waals surface area contributed by atoms with E-state index in [9.17, 15) is 9.59 Å². The van der Waals surface area contributed by atoms with E-state index in [0.717, 1.165) is 13.0 Å². The van der Waals surface area contributed by atoms with Gasteiger partial charge in [-0.15, -0.1) is 0 Å². The van der Waals surface area contributed by atoms with Gasteiger partial charge in [0.15, 0.2) is 0 Å². The van der Waals surface area contributed by atoms with Gasteiger partial charge in [0.05, 0.1) is 6.54 Å². The summed E-state index contributed by atoms with van der Waals surface area (Å²) in [5.74, 6) is 0.166. The molecular formula is C7H11NO3. The van der Waals surface area contributed by atoms with Crippen LogP contribution in [-0.4, -0.2) is 37.0 Å². The van der Waals surface area contributed by atoms with E-state index in [1.807, 2.05) is 0 Å². The quantitative estimate of drug-likeness (QED) is 0.418. The van der Waals surface area contributed by atoms with Gasteiger partial charge in [-0.25, -0.2) is 0 Å². The smallest absolute Gasteiger partial charge is 0.293 e. The fourth-order valence-electron chi connectivity index (χ4n) is 1.15. The van der Waals surface area contributed by atoms with Crippen molar-refractivity contribution in [3.05, 3.63) is 0 Å². The van der Waals surface area contributed by atoms with Crippen LogP contribution in [0.15, 0.2) is 0 Å². The Labute approximate surface area is 65.1 Å². The zero-order chi connectivity index (χ0) is 8.10. The molecule has 1 heterocycles. The van der Waals surface area contributed by atoms with Gasteiger partial charge in [-0.3, -0.25) is 9.59 Å². The highest BCUT2D eigenvalue weighted by Gasteiger charge is 2.18. The first kappa shape index (κ1) is 8.04. The highest BCUT2D eigenvalue weighted by atomic mass is 16.5. The average Bonchev–Trinajstić information content (AvgIpc) is 2.37. The van der Waals surface area contributed by atoms with E-state index in [4.69, 9.17) is 0 Å². The molecule has 0 atom stereocenters. The topological polar surface area (TPSA) is 46.6 Å². The minimum atomic E-state index is 0.166. The number of nitrogens with zero attached hydrogens (tertiary/aromatic N) is 1. The number of carbonyl (C=O) groups is 2. The Bertz CT molecular complexity index is 158. The van der Waals surface area contributed by atoms with Crippen molar-refractivity contribution in [2.75, 3.05) is 19.7 Å².